The number of hydrogen-bond acceptors (Lipinski definition) is 3. The average molecular weight is 197 g/mol. The van der Waals surface area contributed by atoms with E-state index < -0.39 is 6.43 Å². The van der Waals surface area contributed by atoms with Crippen LogP contribution in [0, 0.1) is 11.3 Å². The molecule has 0 aromatic carbocycles. The molecule has 0 amide bonds. The maximum Gasteiger partial charge on any atom is 0.280 e. The highest BCUT2D eigenvalue weighted by atomic mass is 19.3. The molecule has 1 heterocycles. The van der Waals surface area contributed by atoms with Gasteiger partial charge in [-0.25, -0.2) is 8.78 Å². The largest absolute Gasteiger partial charge is 0.325 e. The van der Waals surface area contributed by atoms with E-state index in [0.717, 1.165) is 0 Å². The number of nitrogens with zero attached hydrogens (tertiary/aromatic N) is 2. The van der Waals surface area contributed by atoms with Gasteiger partial charge in [0.1, 0.15) is 5.69 Å². The number of pyridine rings is 1. The van der Waals surface area contributed by atoms with Crippen molar-refractivity contribution in [3.63, 3.8) is 0 Å². The Bertz CT molecular complexity index is 358. The summed E-state index contributed by atoms with van der Waals surface area (Å²) in [7, 11) is 0. The molecule has 0 saturated carbocycles. The predicted molar refractivity (Wildman–Crippen MR) is 46.4 cm³/mol. The molecule has 0 radical (unpaired) electrons. The highest BCUT2D eigenvalue weighted by molar-refractivity contribution is 5.24. The second-order valence-corrected chi connectivity index (χ2v) is 2.73. The molecule has 0 unspecified atom stereocenters. The van der Waals surface area contributed by atoms with Gasteiger partial charge in [0.15, 0.2) is 0 Å². The lowest BCUT2D eigenvalue weighted by Gasteiger charge is -2.04. The van der Waals surface area contributed by atoms with E-state index in [9.17, 15) is 8.78 Å². The van der Waals surface area contributed by atoms with Gasteiger partial charge in [0.2, 0.25) is 0 Å². The van der Waals surface area contributed by atoms with Crippen LogP contribution >= 0.6 is 0 Å². The molecular formula is C9H9F2N3. The summed E-state index contributed by atoms with van der Waals surface area (Å²) < 4.78 is 24.6. The molecule has 0 spiro atoms. The van der Waals surface area contributed by atoms with Gasteiger partial charge in [0.25, 0.3) is 6.43 Å². The lowest BCUT2D eigenvalue weighted by Crippen LogP contribution is -2.04. The van der Waals surface area contributed by atoms with Crippen molar-refractivity contribution in [1.29, 1.82) is 5.26 Å². The summed E-state index contributed by atoms with van der Waals surface area (Å²) in [5.41, 5.74) is 5.88. The summed E-state index contributed by atoms with van der Waals surface area (Å²) in [4.78, 5) is 3.65. The van der Waals surface area contributed by atoms with Crippen molar-refractivity contribution in [2.45, 2.75) is 19.4 Å². The SMILES string of the molecule is N#CCc1cc(CN)nc(C(F)F)c1. The standard InChI is InChI=1S/C9H9F2N3/c10-9(11)8-4-6(1-2-12)3-7(5-13)14-8/h3-4,9H,1,5,13H2. The van der Waals surface area contributed by atoms with E-state index in [1.807, 2.05) is 6.07 Å². The monoisotopic (exact) mass is 197 g/mol. The molecule has 0 atom stereocenters. The normalized spacial score (nSPS) is 10.2. The molecule has 0 aliphatic rings. The van der Waals surface area contributed by atoms with E-state index in [1.54, 1.807) is 6.07 Å². The first-order chi connectivity index (χ1) is 6.67. The van der Waals surface area contributed by atoms with Gasteiger partial charge in [-0.2, -0.15) is 5.26 Å². The molecule has 2 N–H and O–H groups in total. The molecule has 74 valence electrons. The van der Waals surface area contributed by atoms with Crippen molar-refractivity contribution in [2.24, 2.45) is 5.73 Å². The number of nitriles is 1. The van der Waals surface area contributed by atoms with Gasteiger partial charge in [0, 0.05) is 6.54 Å². The van der Waals surface area contributed by atoms with Crippen molar-refractivity contribution in [1.82, 2.24) is 4.98 Å². The van der Waals surface area contributed by atoms with Gasteiger partial charge in [-0.15, -0.1) is 0 Å². The zero-order valence-corrected chi connectivity index (χ0v) is 7.37. The van der Waals surface area contributed by atoms with E-state index >= 15 is 0 Å². The Balaban J connectivity index is 3.08. The van der Waals surface area contributed by atoms with Crippen LogP contribution in [0.3, 0.4) is 0 Å². The van der Waals surface area contributed by atoms with Gasteiger partial charge in [-0.05, 0) is 17.7 Å². The van der Waals surface area contributed by atoms with Crippen LogP contribution < -0.4 is 5.73 Å². The Morgan fingerprint density at radius 3 is 2.71 bits per heavy atom. The van der Waals surface area contributed by atoms with Crippen LogP contribution in [0.1, 0.15) is 23.4 Å². The number of rotatable bonds is 3. The number of hydrogen-bond donors (Lipinski definition) is 1. The summed E-state index contributed by atoms with van der Waals surface area (Å²) >= 11 is 0. The molecule has 5 heteroatoms. The molecule has 0 saturated heterocycles. The molecule has 1 aromatic rings. The third-order valence-electron chi connectivity index (χ3n) is 1.67. The first kappa shape index (κ1) is 10.5. The van der Waals surface area contributed by atoms with Crippen molar-refractivity contribution in [3.8, 4) is 6.07 Å². The molecule has 0 aliphatic carbocycles. The first-order valence-electron chi connectivity index (χ1n) is 4.02. The molecule has 14 heavy (non-hydrogen) atoms. The Kier molecular flexibility index (Phi) is 3.48. The maximum atomic E-state index is 12.3. The number of halogens is 2. The maximum absolute atomic E-state index is 12.3. The number of nitrogens with two attached hydrogens (primary N) is 1. The number of alkyl halides is 2. The van der Waals surface area contributed by atoms with Crippen LogP contribution in [-0.2, 0) is 13.0 Å². The Morgan fingerprint density at radius 1 is 1.50 bits per heavy atom. The van der Waals surface area contributed by atoms with Gasteiger partial charge in [-0.3, -0.25) is 4.98 Å². The van der Waals surface area contributed by atoms with Gasteiger partial charge < -0.3 is 5.73 Å². The van der Waals surface area contributed by atoms with Crippen molar-refractivity contribution in [3.05, 3.63) is 29.1 Å². The molecule has 1 aromatic heterocycles. The van der Waals surface area contributed by atoms with Gasteiger partial charge >= 0.3 is 0 Å². The van der Waals surface area contributed by atoms with Crippen molar-refractivity contribution < 1.29 is 8.78 Å². The summed E-state index contributed by atoms with van der Waals surface area (Å²) in [5.74, 6) is 0. The van der Waals surface area contributed by atoms with Gasteiger partial charge in [-0.1, -0.05) is 0 Å². The third kappa shape index (κ3) is 2.47. The van der Waals surface area contributed by atoms with Crippen LogP contribution in [-0.4, -0.2) is 4.98 Å². The Labute approximate surface area is 80.2 Å². The van der Waals surface area contributed by atoms with Crippen molar-refractivity contribution in [2.75, 3.05) is 0 Å². The molecule has 0 fully saturated rings. The lowest BCUT2D eigenvalue weighted by atomic mass is 10.1. The van der Waals surface area contributed by atoms with Crippen LogP contribution in [0.15, 0.2) is 12.1 Å². The minimum Gasteiger partial charge on any atom is -0.325 e. The smallest absolute Gasteiger partial charge is 0.280 e. The minimum atomic E-state index is -2.63. The van der Waals surface area contributed by atoms with Gasteiger partial charge in [0.05, 0.1) is 18.2 Å². The summed E-state index contributed by atoms with van der Waals surface area (Å²) in [6.45, 7) is 0.0962. The van der Waals surface area contributed by atoms with Crippen molar-refractivity contribution >= 4 is 0 Å². The van der Waals surface area contributed by atoms with Crippen LogP contribution in [0.5, 0.6) is 0 Å². The molecule has 1 rings (SSSR count). The quantitative estimate of drug-likeness (QED) is 0.799. The van der Waals surface area contributed by atoms with E-state index in [2.05, 4.69) is 4.98 Å². The van der Waals surface area contributed by atoms with E-state index in [0.29, 0.717) is 11.3 Å². The lowest BCUT2D eigenvalue weighted by molar-refractivity contribution is 0.145. The fourth-order valence-corrected chi connectivity index (χ4v) is 1.09. The number of aromatic nitrogens is 1. The zero-order chi connectivity index (χ0) is 10.6. The fourth-order valence-electron chi connectivity index (χ4n) is 1.09. The predicted octanol–water partition coefficient (Wildman–Crippen LogP) is 1.54. The highest BCUT2D eigenvalue weighted by Gasteiger charge is 2.11. The van der Waals surface area contributed by atoms with E-state index in [4.69, 9.17) is 11.0 Å². The second kappa shape index (κ2) is 4.63. The molecule has 3 nitrogen and oxygen atoms in total. The summed E-state index contributed by atoms with van der Waals surface area (Å²) in [6.07, 6.45) is -2.53. The molecule has 0 aliphatic heterocycles. The van der Waals surface area contributed by atoms with Crippen LogP contribution in [0.25, 0.3) is 0 Å². The molecule has 0 bridgehead atoms. The third-order valence-corrected chi connectivity index (χ3v) is 1.67. The van der Waals surface area contributed by atoms with Crippen LogP contribution in [0.2, 0.25) is 0 Å². The molecular weight excluding hydrogens is 188 g/mol. The Morgan fingerprint density at radius 2 is 2.21 bits per heavy atom. The second-order valence-electron chi connectivity index (χ2n) is 2.73. The fraction of sp³-hybridized carbons (Fsp3) is 0.333. The average Bonchev–Trinajstić information content (AvgIpc) is 2.17. The topological polar surface area (TPSA) is 62.7 Å². The summed E-state index contributed by atoms with van der Waals surface area (Å²) in [5, 5.41) is 8.42. The first-order valence-corrected chi connectivity index (χ1v) is 4.02. The zero-order valence-electron chi connectivity index (χ0n) is 7.37. The van der Waals surface area contributed by atoms with Crippen LogP contribution in [0.4, 0.5) is 8.78 Å². The highest BCUT2D eigenvalue weighted by Crippen LogP contribution is 2.18. The Hall–Kier alpha value is -1.54. The van der Waals surface area contributed by atoms with E-state index in [1.165, 1.54) is 6.07 Å². The summed E-state index contributed by atoms with van der Waals surface area (Å²) in [6, 6.07) is 4.68. The minimum absolute atomic E-state index is 0.0925. The van der Waals surface area contributed by atoms with E-state index in [-0.39, 0.29) is 18.7 Å².